The van der Waals surface area contributed by atoms with Gasteiger partial charge in [0.15, 0.2) is 11.5 Å². The van der Waals surface area contributed by atoms with Crippen molar-refractivity contribution in [1.29, 1.82) is 0 Å². The summed E-state index contributed by atoms with van der Waals surface area (Å²) in [7, 11) is 3.35. The van der Waals surface area contributed by atoms with E-state index >= 15 is 0 Å². The quantitative estimate of drug-likeness (QED) is 0.688. The van der Waals surface area contributed by atoms with Gasteiger partial charge in [0.2, 0.25) is 5.91 Å². The molecule has 184 valence electrons. The summed E-state index contributed by atoms with van der Waals surface area (Å²) in [4.78, 5) is 29.6. The second kappa shape index (κ2) is 10.2. The van der Waals surface area contributed by atoms with E-state index in [4.69, 9.17) is 4.52 Å². The first-order chi connectivity index (χ1) is 16.2. The molecule has 4 rings (SSSR count). The van der Waals surface area contributed by atoms with E-state index in [2.05, 4.69) is 15.4 Å². The van der Waals surface area contributed by atoms with Gasteiger partial charge in [-0.3, -0.25) is 14.5 Å². The average molecular weight is 477 g/mol. The predicted molar refractivity (Wildman–Crippen MR) is 120 cm³/mol. The lowest BCUT2D eigenvalue weighted by molar-refractivity contribution is -0.136. The molecule has 0 radical (unpaired) electrons. The Labute approximate surface area is 196 Å². The number of hydrogen-bond acceptors (Lipinski definition) is 6. The standard InChI is InChI=1S/C24H30F2N4O4/c1-29(2)24(33)16-13-30(20-5-3-4-6-21(20)31)10-9-18(16)27-23(32)19-12-22(34-28-19)15-8-7-14(25)11-17(15)26/h7-8,11-12,16,18,20-21,31H,3-6,9-10,13H2,1-2H3,(H,27,32). The van der Waals surface area contributed by atoms with Crippen LogP contribution in [0.15, 0.2) is 28.8 Å². The van der Waals surface area contributed by atoms with Gasteiger partial charge in [0.25, 0.3) is 5.91 Å². The number of likely N-dealkylation sites (tertiary alicyclic amines) is 1. The van der Waals surface area contributed by atoms with E-state index in [-0.39, 0.29) is 29.0 Å². The van der Waals surface area contributed by atoms with Crippen molar-refractivity contribution in [3.63, 3.8) is 0 Å². The number of aliphatic hydroxyl groups excluding tert-OH is 1. The smallest absolute Gasteiger partial charge is 0.273 e. The van der Waals surface area contributed by atoms with Crippen molar-refractivity contribution in [3.05, 3.63) is 41.6 Å². The molecule has 1 saturated heterocycles. The van der Waals surface area contributed by atoms with E-state index in [0.717, 1.165) is 37.8 Å². The Hall–Kier alpha value is -2.85. The van der Waals surface area contributed by atoms with Crippen molar-refractivity contribution in [2.24, 2.45) is 5.92 Å². The van der Waals surface area contributed by atoms with Crippen LogP contribution >= 0.6 is 0 Å². The zero-order valence-electron chi connectivity index (χ0n) is 19.3. The zero-order chi connectivity index (χ0) is 24.4. The summed E-state index contributed by atoms with van der Waals surface area (Å²) in [5, 5.41) is 17.1. The number of nitrogens with one attached hydrogen (secondary N) is 1. The van der Waals surface area contributed by atoms with Crippen LogP contribution in [0.4, 0.5) is 8.78 Å². The summed E-state index contributed by atoms with van der Waals surface area (Å²) in [6.07, 6.45) is 3.84. The number of carbonyl (C=O) groups is 2. The third-order valence-electron chi connectivity index (χ3n) is 6.82. The first-order valence-electron chi connectivity index (χ1n) is 11.6. The van der Waals surface area contributed by atoms with Gasteiger partial charge in [0.1, 0.15) is 11.6 Å². The number of piperidine rings is 1. The third kappa shape index (κ3) is 5.12. The van der Waals surface area contributed by atoms with Crippen molar-refractivity contribution in [2.75, 3.05) is 27.2 Å². The first-order valence-corrected chi connectivity index (χ1v) is 11.6. The zero-order valence-corrected chi connectivity index (χ0v) is 19.3. The molecular formula is C24H30F2N4O4. The molecule has 1 aliphatic carbocycles. The summed E-state index contributed by atoms with van der Waals surface area (Å²) in [5.41, 5.74) is -0.0622. The molecule has 2 fully saturated rings. The highest BCUT2D eigenvalue weighted by Gasteiger charge is 2.40. The van der Waals surface area contributed by atoms with E-state index in [1.807, 2.05) is 0 Å². The Balaban J connectivity index is 1.48. The number of halogens is 2. The van der Waals surface area contributed by atoms with Gasteiger partial charge in [-0.05, 0) is 31.4 Å². The number of aromatic nitrogens is 1. The Bertz CT molecular complexity index is 1040. The maximum atomic E-state index is 14.1. The molecule has 4 unspecified atom stereocenters. The number of carbonyl (C=O) groups excluding carboxylic acids is 2. The van der Waals surface area contributed by atoms with Crippen molar-refractivity contribution in [2.45, 2.75) is 50.3 Å². The van der Waals surface area contributed by atoms with Gasteiger partial charge in [0.05, 0.1) is 17.6 Å². The number of rotatable bonds is 5. The third-order valence-corrected chi connectivity index (χ3v) is 6.82. The topological polar surface area (TPSA) is 98.9 Å². The molecule has 4 atom stereocenters. The van der Waals surface area contributed by atoms with Gasteiger partial charge < -0.3 is 19.8 Å². The second-order valence-corrected chi connectivity index (χ2v) is 9.32. The van der Waals surface area contributed by atoms with E-state index < -0.39 is 35.6 Å². The van der Waals surface area contributed by atoms with E-state index in [1.54, 1.807) is 14.1 Å². The molecule has 10 heteroatoms. The number of nitrogens with zero attached hydrogens (tertiary/aromatic N) is 3. The normalized spacial score (nSPS) is 25.7. The number of aliphatic hydroxyl groups is 1. The molecule has 2 aliphatic rings. The summed E-state index contributed by atoms with van der Waals surface area (Å²) < 4.78 is 32.4. The molecule has 1 saturated carbocycles. The number of amides is 2. The first kappa shape index (κ1) is 24.3. The molecule has 8 nitrogen and oxygen atoms in total. The molecule has 1 aliphatic heterocycles. The highest BCUT2D eigenvalue weighted by atomic mass is 19.1. The van der Waals surface area contributed by atoms with Crippen LogP contribution < -0.4 is 5.32 Å². The SMILES string of the molecule is CN(C)C(=O)C1CN(C2CCCCC2O)CCC1NC(=O)c1cc(-c2ccc(F)cc2F)on1. The number of benzene rings is 1. The highest BCUT2D eigenvalue weighted by Crippen LogP contribution is 2.29. The Morgan fingerprint density at radius 1 is 1.18 bits per heavy atom. The minimum atomic E-state index is -0.822. The van der Waals surface area contributed by atoms with E-state index in [9.17, 15) is 23.5 Å². The van der Waals surface area contributed by atoms with Crippen LogP contribution in [0.25, 0.3) is 11.3 Å². The Morgan fingerprint density at radius 2 is 1.94 bits per heavy atom. The monoisotopic (exact) mass is 476 g/mol. The molecule has 2 N–H and O–H groups in total. The molecular weight excluding hydrogens is 446 g/mol. The van der Waals surface area contributed by atoms with Crippen LogP contribution in [-0.2, 0) is 4.79 Å². The summed E-state index contributed by atoms with van der Waals surface area (Å²) in [6.45, 7) is 1.09. The van der Waals surface area contributed by atoms with Crippen molar-refractivity contribution in [3.8, 4) is 11.3 Å². The lowest BCUT2D eigenvalue weighted by Crippen LogP contribution is -2.59. The van der Waals surface area contributed by atoms with Gasteiger partial charge in [-0.25, -0.2) is 8.78 Å². The van der Waals surface area contributed by atoms with Crippen LogP contribution in [0.3, 0.4) is 0 Å². The Kier molecular flexibility index (Phi) is 7.27. The fourth-order valence-electron chi connectivity index (χ4n) is 4.99. The van der Waals surface area contributed by atoms with Crippen LogP contribution in [0.5, 0.6) is 0 Å². The summed E-state index contributed by atoms with van der Waals surface area (Å²) in [5.74, 6) is -2.66. The fraction of sp³-hybridized carbons (Fsp3) is 0.542. The average Bonchev–Trinajstić information content (AvgIpc) is 3.29. The minimum absolute atomic E-state index is 0.00433. The van der Waals surface area contributed by atoms with Gasteiger partial charge >= 0.3 is 0 Å². The summed E-state index contributed by atoms with van der Waals surface area (Å²) >= 11 is 0. The lowest BCUT2D eigenvalue weighted by Gasteiger charge is -2.45. The summed E-state index contributed by atoms with van der Waals surface area (Å²) in [6, 6.07) is 3.92. The lowest BCUT2D eigenvalue weighted by atomic mass is 9.85. The highest BCUT2D eigenvalue weighted by molar-refractivity contribution is 5.94. The molecule has 34 heavy (non-hydrogen) atoms. The Morgan fingerprint density at radius 3 is 2.65 bits per heavy atom. The number of hydrogen-bond donors (Lipinski definition) is 2. The maximum absolute atomic E-state index is 14.1. The largest absolute Gasteiger partial charge is 0.391 e. The molecule has 1 aromatic heterocycles. The fourth-order valence-corrected chi connectivity index (χ4v) is 4.99. The second-order valence-electron chi connectivity index (χ2n) is 9.32. The van der Waals surface area contributed by atoms with Gasteiger partial charge in [-0.2, -0.15) is 0 Å². The predicted octanol–water partition coefficient (Wildman–Crippen LogP) is 2.43. The molecule has 2 heterocycles. The van der Waals surface area contributed by atoms with Crippen molar-refractivity contribution < 1.29 is 28.0 Å². The van der Waals surface area contributed by atoms with Gasteiger partial charge in [-0.15, -0.1) is 0 Å². The molecule has 0 bridgehead atoms. The molecule has 1 aromatic carbocycles. The minimum Gasteiger partial charge on any atom is -0.391 e. The van der Waals surface area contributed by atoms with Crippen LogP contribution in [0.2, 0.25) is 0 Å². The van der Waals surface area contributed by atoms with E-state index in [1.165, 1.54) is 17.0 Å². The van der Waals surface area contributed by atoms with Crippen LogP contribution in [0, 0.1) is 17.6 Å². The maximum Gasteiger partial charge on any atom is 0.273 e. The molecule has 2 aromatic rings. The van der Waals surface area contributed by atoms with Crippen LogP contribution in [0.1, 0.15) is 42.6 Å². The molecule has 2 amide bonds. The van der Waals surface area contributed by atoms with Crippen molar-refractivity contribution in [1.82, 2.24) is 20.3 Å². The van der Waals surface area contributed by atoms with Gasteiger partial charge in [-0.1, -0.05) is 18.0 Å². The van der Waals surface area contributed by atoms with Crippen molar-refractivity contribution >= 4 is 11.8 Å². The van der Waals surface area contributed by atoms with Gasteiger partial charge in [0, 0.05) is 51.4 Å². The van der Waals surface area contributed by atoms with E-state index in [0.29, 0.717) is 19.5 Å². The van der Waals surface area contributed by atoms with Crippen LogP contribution in [-0.4, -0.2) is 77.2 Å². The molecule has 0 spiro atoms.